The van der Waals surface area contributed by atoms with Crippen LogP contribution in [0.4, 0.5) is 5.69 Å². The Balaban J connectivity index is 1.76. The van der Waals surface area contributed by atoms with Crippen molar-refractivity contribution in [1.29, 1.82) is 0 Å². The lowest BCUT2D eigenvalue weighted by atomic mass is 9.84. The number of fused-ring (bicyclic) bond motifs is 2. The van der Waals surface area contributed by atoms with Crippen LogP contribution in [0.2, 0.25) is 0 Å². The minimum atomic E-state index is -3.41. The van der Waals surface area contributed by atoms with Crippen LogP contribution >= 0.6 is 0 Å². The van der Waals surface area contributed by atoms with Crippen LogP contribution in [0.25, 0.3) is 0 Å². The van der Waals surface area contributed by atoms with E-state index in [0.29, 0.717) is 17.2 Å². The maximum Gasteiger partial charge on any atom is 0.253 e. The second-order valence-corrected chi connectivity index (χ2v) is 9.36. The molecule has 0 spiro atoms. The molecular formula is C18H26N2O3S. The summed E-state index contributed by atoms with van der Waals surface area (Å²) in [6.07, 6.45) is 6.27. The Morgan fingerprint density at radius 3 is 2.54 bits per heavy atom. The van der Waals surface area contributed by atoms with Crippen molar-refractivity contribution in [2.45, 2.75) is 38.6 Å². The fourth-order valence-electron chi connectivity index (χ4n) is 4.42. The second-order valence-electron chi connectivity index (χ2n) is 7.35. The highest BCUT2D eigenvalue weighted by Gasteiger charge is 2.42. The number of hydrogen-bond donors (Lipinski definition) is 1. The maximum absolute atomic E-state index is 12.7. The number of carbonyl (C=O) groups is 1. The molecule has 1 aromatic carbocycles. The minimum Gasteiger partial charge on any atom is -0.349 e. The van der Waals surface area contributed by atoms with E-state index in [1.807, 2.05) is 0 Å². The van der Waals surface area contributed by atoms with Gasteiger partial charge >= 0.3 is 0 Å². The lowest BCUT2D eigenvalue weighted by molar-refractivity contribution is 0.0916. The van der Waals surface area contributed by atoms with E-state index >= 15 is 0 Å². The Kier molecular flexibility index (Phi) is 4.60. The zero-order valence-electron chi connectivity index (χ0n) is 14.5. The maximum atomic E-state index is 12.7. The van der Waals surface area contributed by atoms with Gasteiger partial charge in [0.1, 0.15) is 0 Å². The lowest BCUT2D eigenvalue weighted by Crippen LogP contribution is -2.40. The summed E-state index contributed by atoms with van der Waals surface area (Å²) in [4.78, 5) is 12.7. The van der Waals surface area contributed by atoms with Crippen LogP contribution in [-0.2, 0) is 10.0 Å². The lowest BCUT2D eigenvalue weighted by Gasteiger charge is -2.29. The van der Waals surface area contributed by atoms with Gasteiger partial charge in [-0.25, -0.2) is 8.42 Å². The number of benzene rings is 1. The molecule has 3 rings (SSSR count). The van der Waals surface area contributed by atoms with Crippen molar-refractivity contribution >= 4 is 21.6 Å². The standard InChI is InChI=1S/C18H26N2O3S/c1-12(16-11-13-8-9-14(16)10-13)19-18(21)15-6-4-5-7-17(15)20(2)24(3,22)23/h4-7,12-14,16H,8-11H2,1-3H3,(H,19,21). The summed E-state index contributed by atoms with van der Waals surface area (Å²) in [5.74, 6) is 1.92. The Hall–Kier alpha value is -1.56. The van der Waals surface area contributed by atoms with Crippen LogP contribution in [0.5, 0.6) is 0 Å². The van der Waals surface area contributed by atoms with Gasteiger partial charge in [0, 0.05) is 13.1 Å². The van der Waals surface area contributed by atoms with E-state index in [1.54, 1.807) is 24.3 Å². The van der Waals surface area contributed by atoms with E-state index in [2.05, 4.69) is 12.2 Å². The van der Waals surface area contributed by atoms with Crippen molar-refractivity contribution in [3.8, 4) is 0 Å². The summed E-state index contributed by atoms with van der Waals surface area (Å²) < 4.78 is 24.8. The van der Waals surface area contributed by atoms with Gasteiger partial charge in [0.05, 0.1) is 17.5 Å². The molecule has 2 aliphatic rings. The van der Waals surface area contributed by atoms with Gasteiger partial charge in [-0.15, -0.1) is 0 Å². The van der Waals surface area contributed by atoms with Gasteiger partial charge in [0.25, 0.3) is 5.91 Å². The number of hydrogen-bond acceptors (Lipinski definition) is 3. The van der Waals surface area contributed by atoms with Gasteiger partial charge in [-0.3, -0.25) is 9.10 Å². The molecule has 0 saturated heterocycles. The first-order valence-electron chi connectivity index (χ1n) is 8.61. The third-order valence-corrected chi connectivity index (χ3v) is 6.97. The van der Waals surface area contributed by atoms with Crippen LogP contribution < -0.4 is 9.62 Å². The highest BCUT2D eigenvalue weighted by Crippen LogP contribution is 2.49. The second kappa shape index (κ2) is 6.39. The van der Waals surface area contributed by atoms with E-state index in [9.17, 15) is 13.2 Å². The average molecular weight is 350 g/mol. The number of sulfonamides is 1. The third-order valence-electron chi connectivity index (χ3n) is 5.78. The monoisotopic (exact) mass is 350 g/mol. The van der Waals surface area contributed by atoms with E-state index in [0.717, 1.165) is 22.4 Å². The molecule has 24 heavy (non-hydrogen) atoms. The average Bonchev–Trinajstić information content (AvgIpc) is 3.16. The van der Waals surface area contributed by atoms with Crippen LogP contribution in [-0.4, -0.2) is 33.7 Å². The number of nitrogens with one attached hydrogen (secondary N) is 1. The van der Waals surface area contributed by atoms with Crippen LogP contribution in [0.3, 0.4) is 0 Å². The molecule has 1 amide bonds. The summed E-state index contributed by atoms with van der Waals surface area (Å²) in [5, 5.41) is 3.11. The van der Waals surface area contributed by atoms with Gasteiger partial charge in [0.15, 0.2) is 0 Å². The first-order valence-corrected chi connectivity index (χ1v) is 10.5. The molecule has 0 aromatic heterocycles. The van der Waals surface area contributed by atoms with Crippen molar-refractivity contribution in [2.75, 3.05) is 17.6 Å². The summed E-state index contributed by atoms with van der Waals surface area (Å²) in [5.41, 5.74) is 0.818. The van der Waals surface area contributed by atoms with Crippen molar-refractivity contribution in [3.63, 3.8) is 0 Å². The molecule has 4 unspecified atom stereocenters. The fraction of sp³-hybridized carbons (Fsp3) is 0.611. The van der Waals surface area contributed by atoms with Gasteiger partial charge in [-0.1, -0.05) is 18.6 Å². The van der Waals surface area contributed by atoms with E-state index in [1.165, 1.54) is 32.7 Å². The number of nitrogens with zero attached hydrogens (tertiary/aromatic N) is 1. The number of anilines is 1. The predicted molar refractivity (Wildman–Crippen MR) is 95.6 cm³/mol. The molecule has 0 radical (unpaired) electrons. The quantitative estimate of drug-likeness (QED) is 0.888. The van der Waals surface area contributed by atoms with Crippen LogP contribution in [0, 0.1) is 17.8 Å². The third kappa shape index (κ3) is 3.29. The SMILES string of the molecule is CC(NC(=O)c1ccccc1N(C)S(C)(=O)=O)C1CC2CCC1C2. The first-order chi connectivity index (χ1) is 11.3. The van der Waals surface area contributed by atoms with Gasteiger partial charge in [-0.2, -0.15) is 0 Å². The van der Waals surface area contributed by atoms with E-state index in [-0.39, 0.29) is 11.9 Å². The molecule has 2 saturated carbocycles. The summed E-state index contributed by atoms with van der Waals surface area (Å²) in [6, 6.07) is 6.96. The molecular weight excluding hydrogens is 324 g/mol. The normalized spacial score (nSPS) is 27.0. The zero-order valence-corrected chi connectivity index (χ0v) is 15.3. The Bertz CT molecular complexity index is 732. The molecule has 2 bridgehead atoms. The van der Waals surface area contributed by atoms with Crippen molar-refractivity contribution in [1.82, 2.24) is 5.32 Å². The molecule has 0 heterocycles. The number of carbonyl (C=O) groups excluding carboxylic acids is 1. The molecule has 2 aliphatic carbocycles. The number of amides is 1. The molecule has 2 fully saturated rings. The van der Waals surface area contributed by atoms with Gasteiger partial charge in [-0.05, 0) is 56.1 Å². The summed E-state index contributed by atoms with van der Waals surface area (Å²) >= 11 is 0. The largest absolute Gasteiger partial charge is 0.349 e. The van der Waals surface area contributed by atoms with Crippen LogP contribution in [0.15, 0.2) is 24.3 Å². The number of para-hydroxylation sites is 1. The predicted octanol–water partition coefficient (Wildman–Crippen LogP) is 2.64. The highest BCUT2D eigenvalue weighted by atomic mass is 32.2. The molecule has 1 N–H and O–H groups in total. The molecule has 0 aliphatic heterocycles. The number of rotatable bonds is 5. The smallest absolute Gasteiger partial charge is 0.253 e. The Morgan fingerprint density at radius 2 is 1.96 bits per heavy atom. The minimum absolute atomic E-state index is 0.115. The van der Waals surface area contributed by atoms with Crippen molar-refractivity contribution < 1.29 is 13.2 Å². The molecule has 6 heteroatoms. The van der Waals surface area contributed by atoms with Gasteiger partial charge < -0.3 is 5.32 Å². The van der Waals surface area contributed by atoms with Crippen LogP contribution in [0.1, 0.15) is 43.0 Å². The highest BCUT2D eigenvalue weighted by molar-refractivity contribution is 7.92. The summed E-state index contributed by atoms with van der Waals surface area (Å²) in [7, 11) is -1.94. The zero-order chi connectivity index (χ0) is 17.5. The Morgan fingerprint density at radius 1 is 1.25 bits per heavy atom. The first kappa shape index (κ1) is 17.3. The topological polar surface area (TPSA) is 66.5 Å². The molecule has 132 valence electrons. The van der Waals surface area contributed by atoms with E-state index < -0.39 is 10.0 Å². The van der Waals surface area contributed by atoms with Gasteiger partial charge in [0.2, 0.25) is 10.0 Å². The Labute approximate surface area is 144 Å². The molecule has 4 atom stereocenters. The van der Waals surface area contributed by atoms with E-state index in [4.69, 9.17) is 0 Å². The van der Waals surface area contributed by atoms with Crippen molar-refractivity contribution in [3.05, 3.63) is 29.8 Å². The fourth-order valence-corrected chi connectivity index (χ4v) is 4.93. The molecule has 5 nitrogen and oxygen atoms in total. The molecule has 1 aromatic rings. The summed E-state index contributed by atoms with van der Waals surface area (Å²) in [6.45, 7) is 2.08. The van der Waals surface area contributed by atoms with Crippen molar-refractivity contribution in [2.24, 2.45) is 17.8 Å².